The van der Waals surface area contributed by atoms with E-state index >= 15 is 0 Å². The van der Waals surface area contributed by atoms with Crippen molar-refractivity contribution in [1.29, 1.82) is 0 Å². The average Bonchev–Trinajstić information content (AvgIpc) is 2.96. The predicted molar refractivity (Wildman–Crippen MR) is 92.7 cm³/mol. The quantitative estimate of drug-likeness (QED) is 0.665. The maximum Gasteiger partial charge on any atom is 0.00926 e. The Kier molecular flexibility index (Phi) is 7.01. The van der Waals surface area contributed by atoms with Crippen LogP contribution in [-0.2, 0) is 0 Å². The molecule has 2 fully saturated rings. The highest BCUT2D eigenvalue weighted by atomic mass is 15.1. The van der Waals surface area contributed by atoms with E-state index in [1.807, 2.05) is 0 Å². The molecule has 124 valence electrons. The number of hydrogen-bond acceptors (Lipinski definition) is 2. The second-order valence-corrected chi connectivity index (χ2v) is 7.88. The first-order valence-electron chi connectivity index (χ1n) is 9.60. The van der Waals surface area contributed by atoms with Gasteiger partial charge in [-0.1, -0.05) is 33.1 Å². The van der Waals surface area contributed by atoms with Gasteiger partial charge in [-0.15, -0.1) is 0 Å². The van der Waals surface area contributed by atoms with Crippen LogP contribution in [0.5, 0.6) is 0 Å². The van der Waals surface area contributed by atoms with Gasteiger partial charge in [0.1, 0.15) is 0 Å². The zero-order valence-corrected chi connectivity index (χ0v) is 14.8. The van der Waals surface area contributed by atoms with Crippen molar-refractivity contribution in [1.82, 2.24) is 10.2 Å². The number of hydrogen-bond donors (Lipinski definition) is 1. The Morgan fingerprint density at radius 3 is 2.29 bits per heavy atom. The lowest BCUT2D eigenvalue weighted by molar-refractivity contribution is 0.102. The molecule has 0 aromatic carbocycles. The maximum absolute atomic E-state index is 3.72. The molecule has 2 nitrogen and oxygen atoms in total. The van der Waals surface area contributed by atoms with Gasteiger partial charge in [0.25, 0.3) is 0 Å². The minimum Gasteiger partial charge on any atom is -0.316 e. The normalized spacial score (nSPS) is 29.1. The van der Waals surface area contributed by atoms with Crippen LogP contribution in [-0.4, -0.2) is 37.6 Å². The minimum absolute atomic E-state index is 0.575. The van der Waals surface area contributed by atoms with Gasteiger partial charge in [0.2, 0.25) is 0 Å². The first-order valence-corrected chi connectivity index (χ1v) is 9.60. The van der Waals surface area contributed by atoms with E-state index in [2.05, 4.69) is 31.1 Å². The zero-order chi connectivity index (χ0) is 15.1. The predicted octanol–water partition coefficient (Wildman–Crippen LogP) is 4.45. The highest BCUT2D eigenvalue weighted by Crippen LogP contribution is 2.39. The molecule has 0 spiro atoms. The molecule has 0 aromatic heterocycles. The molecule has 0 radical (unpaired) electrons. The van der Waals surface area contributed by atoms with Crippen LogP contribution in [0.2, 0.25) is 0 Å². The summed E-state index contributed by atoms with van der Waals surface area (Å²) in [7, 11) is 2.40. The standard InChI is InChI=1S/C19H38N2/c1-4-14-20-15-19(12-6-7-13-19)16-21(3)18-10-8-17(5-2)9-11-18/h17-18,20H,4-16H2,1-3H3. The second kappa shape index (κ2) is 8.53. The summed E-state index contributed by atoms with van der Waals surface area (Å²) in [6, 6.07) is 0.858. The van der Waals surface area contributed by atoms with Crippen LogP contribution in [0.4, 0.5) is 0 Å². The van der Waals surface area contributed by atoms with Gasteiger partial charge < -0.3 is 10.2 Å². The molecule has 2 aliphatic carbocycles. The summed E-state index contributed by atoms with van der Waals surface area (Å²) >= 11 is 0. The van der Waals surface area contributed by atoms with Crippen molar-refractivity contribution in [2.75, 3.05) is 26.7 Å². The highest BCUT2D eigenvalue weighted by molar-refractivity contribution is 4.91. The average molecular weight is 295 g/mol. The molecule has 2 rings (SSSR count). The molecule has 2 aliphatic rings. The third-order valence-electron chi connectivity index (χ3n) is 6.19. The molecule has 1 N–H and O–H groups in total. The highest BCUT2D eigenvalue weighted by Gasteiger charge is 2.36. The van der Waals surface area contributed by atoms with Crippen LogP contribution in [0.15, 0.2) is 0 Å². The summed E-state index contributed by atoms with van der Waals surface area (Å²) < 4.78 is 0. The molecule has 0 amide bonds. The van der Waals surface area contributed by atoms with Crippen molar-refractivity contribution < 1.29 is 0 Å². The molecule has 2 heteroatoms. The zero-order valence-electron chi connectivity index (χ0n) is 14.8. The van der Waals surface area contributed by atoms with Crippen molar-refractivity contribution in [3.05, 3.63) is 0 Å². The fraction of sp³-hybridized carbons (Fsp3) is 1.00. The summed E-state index contributed by atoms with van der Waals surface area (Å²) in [6.07, 6.45) is 14.2. The lowest BCUT2D eigenvalue weighted by Gasteiger charge is -2.40. The number of nitrogens with one attached hydrogen (secondary N) is 1. The summed E-state index contributed by atoms with van der Waals surface area (Å²) in [5, 5.41) is 3.72. The smallest absolute Gasteiger partial charge is 0.00926 e. The Bertz CT molecular complexity index is 275. The van der Waals surface area contributed by atoms with Gasteiger partial charge in [0, 0.05) is 19.1 Å². The molecule has 0 atom stereocenters. The van der Waals surface area contributed by atoms with E-state index in [1.54, 1.807) is 0 Å². The van der Waals surface area contributed by atoms with Gasteiger partial charge in [-0.3, -0.25) is 0 Å². The van der Waals surface area contributed by atoms with Crippen molar-refractivity contribution in [2.24, 2.45) is 11.3 Å². The molecule has 2 saturated carbocycles. The third-order valence-corrected chi connectivity index (χ3v) is 6.19. The Morgan fingerprint density at radius 2 is 1.71 bits per heavy atom. The van der Waals surface area contributed by atoms with E-state index in [0.717, 1.165) is 12.0 Å². The van der Waals surface area contributed by atoms with Crippen LogP contribution >= 0.6 is 0 Å². The first-order chi connectivity index (χ1) is 10.2. The summed E-state index contributed by atoms with van der Waals surface area (Å²) in [5.74, 6) is 1.02. The Hall–Kier alpha value is -0.0800. The van der Waals surface area contributed by atoms with Crippen molar-refractivity contribution >= 4 is 0 Å². The van der Waals surface area contributed by atoms with E-state index in [1.165, 1.54) is 83.8 Å². The molecule has 0 aromatic rings. The summed E-state index contributed by atoms with van der Waals surface area (Å²) in [6.45, 7) is 8.39. The van der Waals surface area contributed by atoms with Crippen LogP contribution < -0.4 is 5.32 Å². The Balaban J connectivity index is 1.82. The maximum atomic E-state index is 3.72. The van der Waals surface area contributed by atoms with E-state index in [0.29, 0.717) is 5.41 Å². The molecule has 21 heavy (non-hydrogen) atoms. The summed E-state index contributed by atoms with van der Waals surface area (Å²) in [4.78, 5) is 2.73. The molecule has 0 bridgehead atoms. The van der Waals surface area contributed by atoms with Crippen LogP contribution in [0.1, 0.15) is 78.1 Å². The van der Waals surface area contributed by atoms with Gasteiger partial charge in [-0.2, -0.15) is 0 Å². The Labute approximate surface area is 133 Å². The third kappa shape index (κ3) is 4.96. The van der Waals surface area contributed by atoms with Gasteiger partial charge in [0.15, 0.2) is 0 Å². The Morgan fingerprint density at radius 1 is 1.05 bits per heavy atom. The van der Waals surface area contributed by atoms with Gasteiger partial charge in [0.05, 0.1) is 0 Å². The van der Waals surface area contributed by atoms with Crippen molar-refractivity contribution in [2.45, 2.75) is 84.1 Å². The van der Waals surface area contributed by atoms with E-state index in [4.69, 9.17) is 0 Å². The van der Waals surface area contributed by atoms with Crippen molar-refractivity contribution in [3.8, 4) is 0 Å². The molecular weight excluding hydrogens is 256 g/mol. The molecule has 0 saturated heterocycles. The topological polar surface area (TPSA) is 15.3 Å². The molecular formula is C19H38N2. The van der Waals surface area contributed by atoms with Crippen LogP contribution in [0, 0.1) is 11.3 Å². The summed E-state index contributed by atoms with van der Waals surface area (Å²) in [5.41, 5.74) is 0.575. The molecule has 0 heterocycles. The lowest BCUT2D eigenvalue weighted by atomic mass is 9.81. The van der Waals surface area contributed by atoms with Gasteiger partial charge in [-0.05, 0) is 69.9 Å². The van der Waals surface area contributed by atoms with Crippen LogP contribution in [0.25, 0.3) is 0 Å². The number of nitrogens with zero attached hydrogens (tertiary/aromatic N) is 1. The lowest BCUT2D eigenvalue weighted by Crippen LogP contribution is -2.46. The fourth-order valence-corrected chi connectivity index (χ4v) is 4.70. The second-order valence-electron chi connectivity index (χ2n) is 7.88. The fourth-order valence-electron chi connectivity index (χ4n) is 4.70. The van der Waals surface area contributed by atoms with E-state index < -0.39 is 0 Å². The van der Waals surface area contributed by atoms with Crippen LogP contribution in [0.3, 0.4) is 0 Å². The van der Waals surface area contributed by atoms with E-state index in [-0.39, 0.29) is 0 Å². The molecule has 0 unspecified atom stereocenters. The number of rotatable bonds is 8. The first kappa shape index (κ1) is 17.3. The van der Waals surface area contributed by atoms with Crippen molar-refractivity contribution in [3.63, 3.8) is 0 Å². The molecule has 0 aliphatic heterocycles. The SMILES string of the molecule is CCCNCC1(CN(C)C2CCC(CC)CC2)CCCC1. The van der Waals surface area contributed by atoms with Gasteiger partial charge in [-0.25, -0.2) is 0 Å². The van der Waals surface area contributed by atoms with E-state index in [9.17, 15) is 0 Å². The largest absolute Gasteiger partial charge is 0.316 e. The monoisotopic (exact) mass is 294 g/mol. The van der Waals surface area contributed by atoms with Gasteiger partial charge >= 0.3 is 0 Å². The minimum atomic E-state index is 0.575.